The van der Waals surface area contributed by atoms with Gasteiger partial charge < -0.3 is 4.57 Å². The number of nitrogens with zero attached hydrogens (tertiary/aromatic N) is 1. The summed E-state index contributed by atoms with van der Waals surface area (Å²) in [6.45, 7) is 0.499. The van der Waals surface area contributed by atoms with E-state index in [0.29, 0.717) is 17.3 Å². The summed E-state index contributed by atoms with van der Waals surface area (Å²) in [6, 6.07) is 9.65. The molecule has 1 aromatic carbocycles. The van der Waals surface area contributed by atoms with Crippen LogP contribution in [0.15, 0.2) is 45.8 Å². The summed E-state index contributed by atoms with van der Waals surface area (Å²) in [5.74, 6) is 0. The summed E-state index contributed by atoms with van der Waals surface area (Å²) in [7, 11) is 0. The van der Waals surface area contributed by atoms with Crippen LogP contribution in [0.4, 0.5) is 0 Å². The first-order valence-corrected chi connectivity index (χ1v) is 6.38. The third-order valence-corrected chi connectivity index (χ3v) is 3.50. The Kier molecular flexibility index (Phi) is 3.99. The lowest BCUT2D eigenvalue weighted by Gasteiger charge is -2.11. The number of hydrogen-bond donors (Lipinski definition) is 0. The van der Waals surface area contributed by atoms with Gasteiger partial charge in [-0.1, -0.05) is 41.9 Å². The van der Waals surface area contributed by atoms with Crippen molar-refractivity contribution in [1.82, 2.24) is 4.57 Å². The molecule has 92 valence electrons. The molecule has 0 unspecified atom stereocenters. The molecule has 0 saturated carbocycles. The number of aldehydes is 1. The van der Waals surface area contributed by atoms with Gasteiger partial charge in [-0.25, -0.2) is 0 Å². The second-order valence-corrected chi connectivity index (χ2v) is 4.95. The molecule has 5 heteroatoms. The van der Waals surface area contributed by atoms with Crippen molar-refractivity contribution in [2.24, 2.45) is 0 Å². The van der Waals surface area contributed by atoms with Crippen LogP contribution in [-0.4, -0.2) is 10.9 Å². The summed E-state index contributed by atoms with van der Waals surface area (Å²) in [5.41, 5.74) is 0.619. The molecule has 0 spiro atoms. The van der Waals surface area contributed by atoms with Gasteiger partial charge in [-0.3, -0.25) is 9.59 Å². The van der Waals surface area contributed by atoms with Gasteiger partial charge in [0.15, 0.2) is 6.29 Å². The Morgan fingerprint density at radius 3 is 2.56 bits per heavy atom. The zero-order valence-corrected chi connectivity index (χ0v) is 11.6. The van der Waals surface area contributed by atoms with Crippen molar-refractivity contribution in [2.45, 2.75) is 6.54 Å². The number of hydrogen-bond acceptors (Lipinski definition) is 2. The van der Waals surface area contributed by atoms with Crippen LogP contribution >= 0.6 is 27.5 Å². The molecule has 2 aromatic rings. The quantitative estimate of drug-likeness (QED) is 0.642. The first kappa shape index (κ1) is 13.1. The summed E-state index contributed by atoms with van der Waals surface area (Å²) in [4.78, 5) is 22.5. The largest absolute Gasteiger partial charge is 0.332 e. The Hall–Kier alpha value is -1.39. The molecule has 0 fully saturated rings. The van der Waals surface area contributed by atoms with Crippen molar-refractivity contribution in [3.05, 3.63) is 67.5 Å². The highest BCUT2D eigenvalue weighted by atomic mass is 79.9. The maximum absolute atomic E-state index is 11.6. The normalized spacial score (nSPS) is 10.3. The molecule has 0 aliphatic rings. The van der Waals surface area contributed by atoms with E-state index in [1.165, 1.54) is 0 Å². The highest BCUT2D eigenvalue weighted by Gasteiger charge is 2.12. The Labute approximate surface area is 117 Å². The molecule has 1 heterocycles. The standard InChI is InChI=1S/C13H9BrClNO2/c14-11-7-16(6-9-4-2-1-3-5-9)13(15)10(8-17)12(11)18/h1-5,7-8H,6H2. The van der Waals surface area contributed by atoms with Crippen molar-refractivity contribution in [3.63, 3.8) is 0 Å². The highest BCUT2D eigenvalue weighted by Crippen LogP contribution is 2.17. The maximum Gasteiger partial charge on any atom is 0.207 e. The van der Waals surface area contributed by atoms with Crippen LogP contribution in [0.25, 0.3) is 0 Å². The lowest BCUT2D eigenvalue weighted by atomic mass is 10.2. The predicted octanol–water partition coefficient (Wildman–Crippen LogP) is 3.13. The van der Waals surface area contributed by atoms with Gasteiger partial charge in [0.2, 0.25) is 5.43 Å². The van der Waals surface area contributed by atoms with Gasteiger partial charge in [-0.05, 0) is 21.5 Å². The number of pyridine rings is 1. The Bertz CT molecular complexity index is 637. The first-order chi connectivity index (χ1) is 8.63. The fourth-order valence-electron chi connectivity index (χ4n) is 1.63. The molecule has 0 N–H and O–H groups in total. The smallest absolute Gasteiger partial charge is 0.207 e. The lowest BCUT2D eigenvalue weighted by molar-refractivity contribution is 0.112. The SMILES string of the molecule is O=Cc1c(Cl)n(Cc2ccccc2)cc(Br)c1=O. The van der Waals surface area contributed by atoms with Gasteiger partial charge in [-0.15, -0.1) is 0 Å². The average molecular weight is 327 g/mol. The average Bonchev–Trinajstić information content (AvgIpc) is 2.38. The number of benzene rings is 1. The van der Waals surface area contributed by atoms with Crippen LogP contribution in [0.1, 0.15) is 15.9 Å². The van der Waals surface area contributed by atoms with Gasteiger partial charge in [-0.2, -0.15) is 0 Å². The summed E-state index contributed by atoms with van der Waals surface area (Å²) >= 11 is 9.18. The lowest BCUT2D eigenvalue weighted by Crippen LogP contribution is -2.16. The van der Waals surface area contributed by atoms with E-state index in [1.54, 1.807) is 10.8 Å². The van der Waals surface area contributed by atoms with Crippen LogP contribution in [0.5, 0.6) is 0 Å². The van der Waals surface area contributed by atoms with Gasteiger partial charge >= 0.3 is 0 Å². The molecule has 0 amide bonds. The number of rotatable bonds is 3. The van der Waals surface area contributed by atoms with Crippen LogP contribution in [0.3, 0.4) is 0 Å². The molecule has 0 bridgehead atoms. The summed E-state index contributed by atoms with van der Waals surface area (Å²) in [6.07, 6.45) is 2.07. The highest BCUT2D eigenvalue weighted by molar-refractivity contribution is 9.10. The van der Waals surface area contributed by atoms with Gasteiger partial charge in [0.1, 0.15) is 5.15 Å². The molecular formula is C13H9BrClNO2. The number of aromatic nitrogens is 1. The van der Waals surface area contributed by atoms with E-state index in [9.17, 15) is 9.59 Å². The number of carbonyl (C=O) groups is 1. The molecule has 1 aromatic heterocycles. The molecule has 0 saturated heterocycles. The summed E-state index contributed by atoms with van der Waals surface area (Å²) < 4.78 is 1.98. The molecule has 0 aliphatic carbocycles. The molecule has 0 radical (unpaired) electrons. The Morgan fingerprint density at radius 1 is 1.28 bits per heavy atom. The van der Waals surface area contributed by atoms with Crippen molar-refractivity contribution < 1.29 is 4.79 Å². The number of carbonyl (C=O) groups excluding carboxylic acids is 1. The monoisotopic (exact) mass is 325 g/mol. The number of halogens is 2. The van der Waals surface area contributed by atoms with Crippen LogP contribution in [-0.2, 0) is 6.54 Å². The third kappa shape index (κ3) is 2.54. The second kappa shape index (κ2) is 5.50. The van der Waals surface area contributed by atoms with E-state index in [1.807, 2.05) is 30.3 Å². The molecule has 0 atom stereocenters. The molecular weight excluding hydrogens is 318 g/mol. The van der Waals surface area contributed by atoms with E-state index in [0.717, 1.165) is 5.56 Å². The van der Waals surface area contributed by atoms with E-state index in [4.69, 9.17) is 11.6 Å². The fraction of sp³-hybridized carbons (Fsp3) is 0.0769. The minimum absolute atomic E-state index is 0.0260. The molecule has 18 heavy (non-hydrogen) atoms. The van der Waals surface area contributed by atoms with Crippen LogP contribution in [0.2, 0.25) is 5.15 Å². The van der Waals surface area contributed by atoms with E-state index in [2.05, 4.69) is 15.9 Å². The van der Waals surface area contributed by atoms with Crippen molar-refractivity contribution in [3.8, 4) is 0 Å². The van der Waals surface area contributed by atoms with Crippen molar-refractivity contribution >= 4 is 33.8 Å². The van der Waals surface area contributed by atoms with Crippen molar-refractivity contribution in [2.75, 3.05) is 0 Å². The fourth-order valence-corrected chi connectivity index (χ4v) is 2.33. The molecule has 2 rings (SSSR count). The van der Waals surface area contributed by atoms with E-state index in [-0.39, 0.29) is 16.1 Å². The summed E-state index contributed by atoms with van der Waals surface area (Å²) in [5, 5.41) is 0.155. The van der Waals surface area contributed by atoms with Crippen LogP contribution in [0, 0.1) is 0 Å². The van der Waals surface area contributed by atoms with E-state index >= 15 is 0 Å². The van der Waals surface area contributed by atoms with E-state index < -0.39 is 0 Å². The Morgan fingerprint density at radius 2 is 1.94 bits per heavy atom. The van der Waals surface area contributed by atoms with Gasteiger partial charge in [0, 0.05) is 12.7 Å². The molecule has 0 aliphatic heterocycles. The second-order valence-electron chi connectivity index (χ2n) is 3.74. The third-order valence-electron chi connectivity index (χ3n) is 2.52. The van der Waals surface area contributed by atoms with Gasteiger partial charge in [0.05, 0.1) is 10.0 Å². The van der Waals surface area contributed by atoms with Crippen molar-refractivity contribution in [1.29, 1.82) is 0 Å². The minimum atomic E-state index is -0.390. The topological polar surface area (TPSA) is 39.1 Å². The first-order valence-electron chi connectivity index (χ1n) is 5.21. The zero-order chi connectivity index (χ0) is 13.1. The molecule has 3 nitrogen and oxygen atoms in total. The zero-order valence-electron chi connectivity index (χ0n) is 9.27. The van der Waals surface area contributed by atoms with Gasteiger partial charge in [0.25, 0.3) is 0 Å². The predicted molar refractivity (Wildman–Crippen MR) is 74.3 cm³/mol. The maximum atomic E-state index is 11.6. The Balaban J connectivity index is 2.49. The van der Waals surface area contributed by atoms with Crippen LogP contribution < -0.4 is 5.43 Å². The minimum Gasteiger partial charge on any atom is -0.332 e.